The summed E-state index contributed by atoms with van der Waals surface area (Å²) in [6.45, 7) is 0.590. The highest BCUT2D eigenvalue weighted by molar-refractivity contribution is 7.88. The van der Waals surface area contributed by atoms with Crippen LogP contribution in [0.15, 0.2) is 45.9 Å². The highest BCUT2D eigenvalue weighted by Crippen LogP contribution is 2.28. The first-order chi connectivity index (χ1) is 11.4. The predicted octanol–water partition coefficient (Wildman–Crippen LogP) is 2.51. The van der Waals surface area contributed by atoms with Crippen molar-refractivity contribution >= 4 is 21.6 Å². The zero-order valence-electron chi connectivity index (χ0n) is 13.7. The normalized spacial score (nSPS) is 15.2. The van der Waals surface area contributed by atoms with Gasteiger partial charge in [0.15, 0.2) is 5.76 Å². The van der Waals surface area contributed by atoms with Crippen molar-refractivity contribution in [1.82, 2.24) is 4.31 Å². The topological polar surface area (TPSA) is 70.8 Å². The summed E-state index contributed by atoms with van der Waals surface area (Å²) >= 11 is 0. The molecule has 24 heavy (non-hydrogen) atoms. The van der Waals surface area contributed by atoms with Crippen LogP contribution in [0.1, 0.15) is 29.0 Å². The Labute approximate surface area is 141 Å². The maximum absolute atomic E-state index is 12.8. The van der Waals surface area contributed by atoms with E-state index in [2.05, 4.69) is 0 Å². The number of benzene rings is 1. The number of para-hydroxylation sites is 1. The molecule has 0 fully saturated rings. The summed E-state index contributed by atoms with van der Waals surface area (Å²) in [6, 6.07) is 10.5. The van der Waals surface area contributed by atoms with E-state index in [0.29, 0.717) is 6.54 Å². The van der Waals surface area contributed by atoms with Gasteiger partial charge in [-0.1, -0.05) is 18.2 Å². The number of carbonyl (C=O) groups excluding carboxylic acids is 1. The molecule has 1 amide bonds. The van der Waals surface area contributed by atoms with Crippen molar-refractivity contribution in [2.45, 2.75) is 24.4 Å². The van der Waals surface area contributed by atoms with Crippen molar-refractivity contribution in [3.05, 3.63) is 47.7 Å². The van der Waals surface area contributed by atoms with Crippen LogP contribution in [0.2, 0.25) is 0 Å². The molecule has 0 aliphatic carbocycles. The molecule has 0 atom stereocenters. The van der Waals surface area contributed by atoms with Crippen LogP contribution in [0.25, 0.3) is 0 Å². The molecule has 0 saturated carbocycles. The van der Waals surface area contributed by atoms with Gasteiger partial charge in [0.25, 0.3) is 15.9 Å². The second-order valence-electron chi connectivity index (χ2n) is 5.95. The van der Waals surface area contributed by atoms with Crippen LogP contribution in [0.3, 0.4) is 0 Å². The van der Waals surface area contributed by atoms with Gasteiger partial charge in [-0.2, -0.15) is 0 Å². The highest BCUT2D eigenvalue weighted by Gasteiger charge is 2.27. The number of furan rings is 1. The first-order valence-corrected chi connectivity index (χ1v) is 9.27. The molecule has 0 radical (unpaired) electrons. The molecule has 3 rings (SSSR count). The Balaban J connectivity index is 1.94. The average Bonchev–Trinajstić information content (AvgIpc) is 2.96. The Morgan fingerprint density at radius 2 is 1.88 bits per heavy atom. The van der Waals surface area contributed by atoms with Crippen molar-refractivity contribution in [2.24, 2.45) is 0 Å². The zero-order valence-corrected chi connectivity index (χ0v) is 14.5. The van der Waals surface area contributed by atoms with Crippen molar-refractivity contribution in [3.63, 3.8) is 0 Å². The Bertz CT molecular complexity index is 855. The summed E-state index contributed by atoms with van der Waals surface area (Å²) in [5.41, 5.74) is 1.99. The molecular weight excluding hydrogens is 328 g/mol. The van der Waals surface area contributed by atoms with Crippen LogP contribution in [-0.4, -0.2) is 39.3 Å². The molecule has 7 heteroatoms. The van der Waals surface area contributed by atoms with Crippen molar-refractivity contribution < 1.29 is 17.6 Å². The Morgan fingerprint density at radius 1 is 1.12 bits per heavy atom. The van der Waals surface area contributed by atoms with Crippen LogP contribution in [-0.2, 0) is 16.4 Å². The molecule has 6 nitrogen and oxygen atoms in total. The van der Waals surface area contributed by atoms with E-state index in [1.165, 1.54) is 26.2 Å². The summed E-state index contributed by atoms with van der Waals surface area (Å²) in [5, 5.41) is -0.223. The van der Waals surface area contributed by atoms with Crippen LogP contribution in [0.4, 0.5) is 5.69 Å². The predicted molar refractivity (Wildman–Crippen MR) is 90.6 cm³/mol. The number of hydrogen-bond donors (Lipinski definition) is 0. The molecule has 2 heterocycles. The van der Waals surface area contributed by atoms with Gasteiger partial charge in [-0.3, -0.25) is 4.79 Å². The fourth-order valence-corrected chi connectivity index (χ4v) is 3.58. The third-order valence-corrected chi connectivity index (χ3v) is 5.82. The maximum Gasteiger partial charge on any atom is 0.294 e. The van der Waals surface area contributed by atoms with Crippen molar-refractivity contribution in [1.29, 1.82) is 0 Å². The number of hydrogen-bond acceptors (Lipinski definition) is 4. The number of anilines is 1. The minimum Gasteiger partial charge on any atom is -0.438 e. The van der Waals surface area contributed by atoms with Crippen LogP contribution in [0, 0.1) is 0 Å². The van der Waals surface area contributed by atoms with Crippen molar-refractivity contribution in [2.75, 3.05) is 25.5 Å². The smallest absolute Gasteiger partial charge is 0.294 e. The van der Waals surface area contributed by atoms with Gasteiger partial charge in [-0.25, -0.2) is 12.7 Å². The quantitative estimate of drug-likeness (QED) is 0.854. The van der Waals surface area contributed by atoms with E-state index in [9.17, 15) is 13.2 Å². The molecule has 1 aromatic heterocycles. The van der Waals surface area contributed by atoms with Gasteiger partial charge in [-0.15, -0.1) is 0 Å². The van der Waals surface area contributed by atoms with Crippen LogP contribution in [0.5, 0.6) is 0 Å². The van der Waals surface area contributed by atoms with E-state index in [4.69, 9.17) is 4.42 Å². The third kappa shape index (κ3) is 2.97. The van der Waals surface area contributed by atoms with Crippen LogP contribution >= 0.6 is 0 Å². The van der Waals surface area contributed by atoms with Gasteiger partial charge in [0.2, 0.25) is 5.09 Å². The monoisotopic (exact) mass is 348 g/mol. The second-order valence-corrected chi connectivity index (χ2v) is 8.03. The Kier molecular flexibility index (Phi) is 4.47. The van der Waals surface area contributed by atoms with E-state index in [1.807, 2.05) is 24.3 Å². The zero-order chi connectivity index (χ0) is 17.3. The molecule has 1 aliphatic heterocycles. The Hall–Kier alpha value is -2.12. The minimum atomic E-state index is -3.69. The fraction of sp³-hybridized carbons (Fsp3) is 0.353. The second kappa shape index (κ2) is 6.41. The molecule has 1 aliphatic rings. The minimum absolute atomic E-state index is 0.0344. The first-order valence-electron chi connectivity index (χ1n) is 7.83. The molecule has 0 saturated heterocycles. The van der Waals surface area contributed by atoms with Gasteiger partial charge in [0, 0.05) is 26.3 Å². The maximum atomic E-state index is 12.8. The standard InChI is InChI=1S/C17H20N2O4S/c1-18(2)24(21,22)16-11-10-15(23-16)17(20)19-12-6-5-8-13-7-3-4-9-14(13)19/h3-4,7,9-11H,5-6,8,12H2,1-2H3. The van der Waals surface area contributed by atoms with Gasteiger partial charge < -0.3 is 9.32 Å². The lowest BCUT2D eigenvalue weighted by atomic mass is 10.1. The summed E-state index contributed by atoms with van der Waals surface area (Å²) in [6.07, 6.45) is 2.83. The number of fused-ring (bicyclic) bond motifs is 1. The molecule has 128 valence electrons. The van der Waals surface area contributed by atoms with Gasteiger partial charge >= 0.3 is 0 Å². The van der Waals surface area contributed by atoms with E-state index in [1.54, 1.807) is 4.90 Å². The lowest BCUT2D eigenvalue weighted by Gasteiger charge is -2.21. The Morgan fingerprint density at radius 3 is 2.62 bits per heavy atom. The fourth-order valence-electron chi connectivity index (χ4n) is 2.79. The SMILES string of the molecule is CN(C)S(=O)(=O)c1ccc(C(=O)N2CCCCc3ccccc32)o1. The van der Waals surface area contributed by atoms with Crippen molar-refractivity contribution in [3.8, 4) is 0 Å². The number of rotatable bonds is 3. The molecule has 0 spiro atoms. The molecular formula is C17H20N2O4S. The summed E-state index contributed by atoms with van der Waals surface area (Å²) in [4.78, 5) is 14.5. The summed E-state index contributed by atoms with van der Waals surface area (Å²) in [7, 11) is -0.850. The molecule has 1 aromatic carbocycles. The number of sulfonamides is 1. The lowest BCUT2D eigenvalue weighted by Crippen LogP contribution is -2.31. The number of carbonyl (C=O) groups is 1. The van der Waals surface area contributed by atoms with E-state index in [0.717, 1.165) is 34.8 Å². The molecule has 2 aromatic rings. The van der Waals surface area contributed by atoms with E-state index < -0.39 is 10.0 Å². The summed E-state index contributed by atoms with van der Waals surface area (Å²) < 4.78 is 30.6. The number of amides is 1. The molecule has 0 unspecified atom stereocenters. The van der Waals surface area contributed by atoms with Gasteiger partial charge in [-0.05, 0) is 43.0 Å². The highest BCUT2D eigenvalue weighted by atomic mass is 32.2. The van der Waals surface area contributed by atoms with E-state index in [-0.39, 0.29) is 16.8 Å². The first kappa shape index (κ1) is 16.7. The molecule has 0 N–H and O–H groups in total. The average molecular weight is 348 g/mol. The van der Waals surface area contributed by atoms with Gasteiger partial charge in [0.05, 0.1) is 0 Å². The lowest BCUT2D eigenvalue weighted by molar-refractivity contribution is 0.0955. The molecule has 0 bridgehead atoms. The summed E-state index contributed by atoms with van der Waals surface area (Å²) in [5.74, 6) is -0.281. The van der Waals surface area contributed by atoms with Gasteiger partial charge in [0.1, 0.15) is 0 Å². The number of aryl methyl sites for hydroxylation is 1. The van der Waals surface area contributed by atoms with E-state index >= 15 is 0 Å². The number of nitrogens with zero attached hydrogens (tertiary/aromatic N) is 2. The largest absolute Gasteiger partial charge is 0.438 e. The third-order valence-electron chi connectivity index (χ3n) is 4.13. The van der Waals surface area contributed by atoms with Crippen LogP contribution < -0.4 is 4.90 Å².